The highest BCUT2D eigenvalue weighted by atomic mass is 16.5. The van der Waals surface area contributed by atoms with Gasteiger partial charge in [0.1, 0.15) is 0 Å². The highest BCUT2D eigenvalue weighted by molar-refractivity contribution is 5.28. The van der Waals surface area contributed by atoms with E-state index in [0.29, 0.717) is 0 Å². The van der Waals surface area contributed by atoms with Crippen molar-refractivity contribution in [3.05, 3.63) is 11.9 Å². The molecule has 5 nitrogen and oxygen atoms in total. The van der Waals surface area contributed by atoms with E-state index in [2.05, 4.69) is 24.3 Å². The van der Waals surface area contributed by atoms with Crippen molar-refractivity contribution in [3.63, 3.8) is 0 Å². The lowest BCUT2D eigenvalue weighted by Crippen LogP contribution is -2.25. The molecule has 0 spiro atoms. The van der Waals surface area contributed by atoms with Gasteiger partial charge >= 0.3 is 0 Å². The molecule has 1 rings (SSSR count). The topological polar surface area (TPSA) is 48.3 Å². The third-order valence-corrected chi connectivity index (χ3v) is 3.18. The zero-order valence-corrected chi connectivity index (χ0v) is 12.6. The van der Waals surface area contributed by atoms with Crippen molar-refractivity contribution in [2.75, 3.05) is 27.4 Å². The number of ether oxygens (including phenoxy) is 2. The summed E-state index contributed by atoms with van der Waals surface area (Å²) in [6.45, 7) is 6.91. The molecule has 1 unspecified atom stereocenters. The minimum atomic E-state index is 0.271. The molecule has 19 heavy (non-hydrogen) atoms. The van der Waals surface area contributed by atoms with Crippen LogP contribution in [-0.4, -0.2) is 37.2 Å². The van der Waals surface area contributed by atoms with E-state index < -0.39 is 0 Å². The zero-order chi connectivity index (χ0) is 14.1. The first kappa shape index (κ1) is 16.0. The van der Waals surface area contributed by atoms with Crippen LogP contribution in [0.2, 0.25) is 0 Å². The Balaban J connectivity index is 2.84. The minimum Gasteiger partial charge on any atom is -0.493 e. The number of aromatic nitrogens is 2. The van der Waals surface area contributed by atoms with E-state index in [0.717, 1.165) is 50.4 Å². The smallest absolute Gasteiger partial charge is 0.161 e. The van der Waals surface area contributed by atoms with Crippen molar-refractivity contribution in [1.29, 1.82) is 0 Å². The van der Waals surface area contributed by atoms with E-state index in [-0.39, 0.29) is 6.04 Å². The Bertz CT molecular complexity index is 331. The summed E-state index contributed by atoms with van der Waals surface area (Å²) in [5, 5.41) is 7.97. The van der Waals surface area contributed by atoms with Gasteiger partial charge in [-0.25, -0.2) is 0 Å². The fourth-order valence-corrected chi connectivity index (χ4v) is 2.22. The van der Waals surface area contributed by atoms with Gasteiger partial charge in [-0.2, -0.15) is 5.10 Å². The van der Waals surface area contributed by atoms with Crippen LogP contribution in [-0.2, 0) is 11.3 Å². The van der Waals surface area contributed by atoms with Crippen LogP contribution in [0.5, 0.6) is 5.75 Å². The lowest BCUT2D eigenvalue weighted by Gasteiger charge is -2.20. The average Bonchev–Trinajstić information content (AvgIpc) is 2.85. The summed E-state index contributed by atoms with van der Waals surface area (Å²) >= 11 is 0. The molecule has 1 atom stereocenters. The molecule has 0 bridgehead atoms. The maximum atomic E-state index is 5.44. The first-order valence-electron chi connectivity index (χ1n) is 7.10. The van der Waals surface area contributed by atoms with Crippen LogP contribution in [0.4, 0.5) is 0 Å². The van der Waals surface area contributed by atoms with E-state index in [1.807, 2.05) is 4.68 Å². The van der Waals surface area contributed by atoms with Crippen LogP contribution in [0.1, 0.15) is 44.8 Å². The molecule has 0 aliphatic carbocycles. The summed E-state index contributed by atoms with van der Waals surface area (Å²) in [5.41, 5.74) is 1.15. The van der Waals surface area contributed by atoms with Crippen molar-refractivity contribution >= 4 is 0 Å². The van der Waals surface area contributed by atoms with Gasteiger partial charge in [-0.15, -0.1) is 0 Å². The molecule has 0 amide bonds. The second-order valence-electron chi connectivity index (χ2n) is 4.56. The van der Waals surface area contributed by atoms with Crippen LogP contribution in [0.15, 0.2) is 6.20 Å². The van der Waals surface area contributed by atoms with Gasteiger partial charge < -0.3 is 14.8 Å². The molecular weight excluding hydrogens is 242 g/mol. The fourth-order valence-electron chi connectivity index (χ4n) is 2.22. The molecule has 0 aliphatic heterocycles. The molecule has 0 fully saturated rings. The van der Waals surface area contributed by atoms with Crippen LogP contribution >= 0.6 is 0 Å². The van der Waals surface area contributed by atoms with Crippen LogP contribution < -0.4 is 10.1 Å². The SMILES string of the molecule is CCCNC(CCCOC)c1c(OC)cnn1CC. The van der Waals surface area contributed by atoms with Gasteiger partial charge in [-0.05, 0) is 32.7 Å². The number of rotatable bonds is 10. The highest BCUT2D eigenvalue weighted by Gasteiger charge is 2.20. The Morgan fingerprint density at radius 3 is 2.74 bits per heavy atom. The summed E-state index contributed by atoms with van der Waals surface area (Å²) in [7, 11) is 3.44. The van der Waals surface area contributed by atoms with E-state index in [9.17, 15) is 0 Å². The van der Waals surface area contributed by atoms with Crippen molar-refractivity contribution in [2.24, 2.45) is 0 Å². The normalized spacial score (nSPS) is 12.6. The van der Waals surface area contributed by atoms with Gasteiger partial charge in [0, 0.05) is 20.3 Å². The van der Waals surface area contributed by atoms with E-state index in [1.54, 1.807) is 20.4 Å². The van der Waals surface area contributed by atoms with Gasteiger partial charge in [0.25, 0.3) is 0 Å². The molecule has 5 heteroatoms. The molecular formula is C14H27N3O2. The Kier molecular flexibility index (Phi) is 7.52. The average molecular weight is 269 g/mol. The van der Waals surface area contributed by atoms with Crippen molar-refractivity contribution in [1.82, 2.24) is 15.1 Å². The third-order valence-electron chi connectivity index (χ3n) is 3.18. The fraction of sp³-hybridized carbons (Fsp3) is 0.786. The number of hydrogen-bond acceptors (Lipinski definition) is 4. The monoisotopic (exact) mass is 269 g/mol. The minimum absolute atomic E-state index is 0.271. The number of nitrogens with zero attached hydrogens (tertiary/aromatic N) is 2. The van der Waals surface area contributed by atoms with Gasteiger partial charge in [0.15, 0.2) is 5.75 Å². The Morgan fingerprint density at radius 2 is 2.16 bits per heavy atom. The first-order chi connectivity index (χ1) is 9.28. The second kappa shape index (κ2) is 8.93. The van der Waals surface area contributed by atoms with Crippen molar-refractivity contribution < 1.29 is 9.47 Å². The van der Waals surface area contributed by atoms with E-state index >= 15 is 0 Å². The van der Waals surface area contributed by atoms with Crippen LogP contribution in [0.3, 0.4) is 0 Å². The summed E-state index contributed by atoms with van der Waals surface area (Å²) in [6.07, 6.45) is 4.96. The van der Waals surface area contributed by atoms with Crippen LogP contribution in [0.25, 0.3) is 0 Å². The predicted molar refractivity (Wildman–Crippen MR) is 76.6 cm³/mol. The summed E-state index contributed by atoms with van der Waals surface area (Å²) < 4.78 is 12.6. The molecule has 0 radical (unpaired) electrons. The van der Waals surface area contributed by atoms with Gasteiger partial charge in [-0.3, -0.25) is 4.68 Å². The molecule has 1 aromatic heterocycles. The molecule has 1 aromatic rings. The zero-order valence-electron chi connectivity index (χ0n) is 12.6. The number of nitrogens with one attached hydrogen (secondary N) is 1. The molecule has 0 saturated carbocycles. The van der Waals surface area contributed by atoms with E-state index in [4.69, 9.17) is 9.47 Å². The lowest BCUT2D eigenvalue weighted by atomic mass is 10.1. The highest BCUT2D eigenvalue weighted by Crippen LogP contribution is 2.28. The van der Waals surface area contributed by atoms with Crippen LogP contribution in [0, 0.1) is 0 Å². The Labute approximate surface area is 116 Å². The number of methoxy groups -OCH3 is 2. The van der Waals surface area contributed by atoms with Crippen molar-refractivity contribution in [2.45, 2.75) is 45.7 Å². The largest absolute Gasteiger partial charge is 0.493 e. The molecule has 0 aliphatic rings. The maximum Gasteiger partial charge on any atom is 0.161 e. The van der Waals surface area contributed by atoms with Gasteiger partial charge in [0.05, 0.1) is 25.0 Å². The number of hydrogen-bond donors (Lipinski definition) is 1. The van der Waals surface area contributed by atoms with Gasteiger partial charge in [-0.1, -0.05) is 6.92 Å². The standard InChI is InChI=1S/C14H27N3O2/c1-5-9-15-12(8-7-10-18-3)14-13(19-4)11-16-17(14)6-2/h11-12,15H,5-10H2,1-4H3. The Morgan fingerprint density at radius 1 is 1.37 bits per heavy atom. The molecule has 1 N–H and O–H groups in total. The molecule has 0 aromatic carbocycles. The number of aryl methyl sites for hydroxylation is 1. The van der Waals surface area contributed by atoms with Gasteiger partial charge in [0.2, 0.25) is 0 Å². The maximum absolute atomic E-state index is 5.44. The molecule has 1 heterocycles. The molecule has 0 saturated heterocycles. The summed E-state index contributed by atoms with van der Waals surface area (Å²) in [6, 6.07) is 0.271. The predicted octanol–water partition coefficient (Wildman–Crippen LogP) is 2.38. The quantitative estimate of drug-likeness (QED) is 0.663. The Hall–Kier alpha value is -1.07. The second-order valence-corrected chi connectivity index (χ2v) is 4.56. The van der Waals surface area contributed by atoms with E-state index in [1.165, 1.54) is 0 Å². The lowest BCUT2D eigenvalue weighted by molar-refractivity contribution is 0.188. The summed E-state index contributed by atoms with van der Waals surface area (Å²) in [5.74, 6) is 0.868. The summed E-state index contributed by atoms with van der Waals surface area (Å²) in [4.78, 5) is 0. The first-order valence-corrected chi connectivity index (χ1v) is 7.10. The van der Waals surface area contributed by atoms with Crippen molar-refractivity contribution in [3.8, 4) is 5.75 Å². The molecule has 110 valence electrons. The third kappa shape index (κ3) is 4.51.